The second-order valence-corrected chi connectivity index (χ2v) is 4.21. The number of hydrogen-bond acceptors (Lipinski definition) is 4. The van der Waals surface area contributed by atoms with E-state index in [0.717, 1.165) is 12.1 Å². The van der Waals surface area contributed by atoms with Gasteiger partial charge in [0.15, 0.2) is 11.6 Å². The van der Waals surface area contributed by atoms with Crippen LogP contribution in [0.4, 0.5) is 19.0 Å². The first kappa shape index (κ1) is 15.1. The second kappa shape index (κ2) is 5.99. The van der Waals surface area contributed by atoms with E-state index in [4.69, 9.17) is 4.74 Å². The molecule has 0 amide bonds. The quantitative estimate of drug-likeness (QED) is 0.936. The Kier molecular flexibility index (Phi) is 4.30. The average molecular weight is 297 g/mol. The molecule has 7 heteroatoms. The van der Waals surface area contributed by atoms with Crippen molar-refractivity contribution in [1.82, 2.24) is 9.97 Å². The molecule has 2 aromatic rings. The lowest BCUT2D eigenvalue weighted by atomic mass is 10.1. The third kappa shape index (κ3) is 3.24. The molecule has 0 atom stereocenters. The summed E-state index contributed by atoms with van der Waals surface area (Å²) < 4.78 is 43.6. The highest BCUT2D eigenvalue weighted by Crippen LogP contribution is 2.36. The lowest BCUT2D eigenvalue weighted by Gasteiger charge is -2.13. The van der Waals surface area contributed by atoms with Gasteiger partial charge < -0.3 is 10.1 Å². The Morgan fingerprint density at radius 3 is 2.62 bits per heavy atom. The molecule has 0 fully saturated rings. The molecule has 0 bridgehead atoms. The van der Waals surface area contributed by atoms with Gasteiger partial charge >= 0.3 is 6.18 Å². The Labute approximate surface area is 120 Å². The lowest BCUT2D eigenvalue weighted by molar-refractivity contribution is -0.137. The predicted octanol–water partition coefficient (Wildman–Crippen LogP) is 3.60. The molecule has 0 aliphatic carbocycles. The fraction of sp³-hybridized carbons (Fsp3) is 0.286. The molecule has 0 unspecified atom stereocenters. The third-order valence-corrected chi connectivity index (χ3v) is 2.82. The van der Waals surface area contributed by atoms with Gasteiger partial charge in [-0.2, -0.15) is 13.2 Å². The van der Waals surface area contributed by atoms with E-state index >= 15 is 0 Å². The van der Waals surface area contributed by atoms with Crippen LogP contribution in [0.1, 0.15) is 12.5 Å². The summed E-state index contributed by atoms with van der Waals surface area (Å²) in [5.41, 5.74) is -0.0940. The number of halogens is 3. The van der Waals surface area contributed by atoms with E-state index in [0.29, 0.717) is 29.4 Å². The molecule has 0 radical (unpaired) electrons. The van der Waals surface area contributed by atoms with Crippen LogP contribution in [0.2, 0.25) is 0 Å². The van der Waals surface area contributed by atoms with Gasteiger partial charge in [-0.05, 0) is 19.1 Å². The minimum Gasteiger partial charge on any atom is -0.491 e. The van der Waals surface area contributed by atoms with Crippen molar-refractivity contribution in [3.05, 3.63) is 36.2 Å². The minimum absolute atomic E-state index is 0.314. The smallest absolute Gasteiger partial charge is 0.416 e. The van der Waals surface area contributed by atoms with Crippen LogP contribution in [0.3, 0.4) is 0 Å². The number of rotatable bonds is 4. The van der Waals surface area contributed by atoms with Crippen LogP contribution in [0.15, 0.2) is 30.6 Å². The number of aromatic nitrogens is 2. The van der Waals surface area contributed by atoms with Crippen molar-refractivity contribution in [2.24, 2.45) is 0 Å². The zero-order valence-electron chi connectivity index (χ0n) is 11.5. The molecular weight excluding hydrogens is 283 g/mol. The SMILES string of the molecule is CCNc1ncnc(-c2cccc(C(F)(F)F)c2)c1OC. The molecule has 21 heavy (non-hydrogen) atoms. The van der Waals surface area contributed by atoms with Crippen molar-refractivity contribution in [3.8, 4) is 17.0 Å². The largest absolute Gasteiger partial charge is 0.491 e. The maximum Gasteiger partial charge on any atom is 0.416 e. The lowest BCUT2D eigenvalue weighted by Crippen LogP contribution is -2.06. The Hall–Kier alpha value is -2.31. The Bertz CT molecular complexity index is 629. The van der Waals surface area contributed by atoms with E-state index in [1.807, 2.05) is 6.92 Å². The molecule has 4 nitrogen and oxygen atoms in total. The molecule has 0 aliphatic heterocycles. The molecule has 0 aliphatic rings. The molecule has 1 aromatic carbocycles. The first-order valence-electron chi connectivity index (χ1n) is 6.27. The summed E-state index contributed by atoms with van der Waals surface area (Å²) in [5, 5.41) is 2.98. The topological polar surface area (TPSA) is 47.0 Å². The molecule has 1 heterocycles. The zero-order valence-corrected chi connectivity index (χ0v) is 11.5. The average Bonchev–Trinajstić information content (AvgIpc) is 2.46. The molecule has 0 saturated carbocycles. The van der Waals surface area contributed by atoms with Gasteiger partial charge in [0.2, 0.25) is 0 Å². The molecule has 1 N–H and O–H groups in total. The van der Waals surface area contributed by atoms with E-state index in [-0.39, 0.29) is 0 Å². The normalized spacial score (nSPS) is 11.3. The van der Waals surface area contributed by atoms with Crippen LogP contribution in [0.5, 0.6) is 5.75 Å². The molecule has 112 valence electrons. The number of ether oxygens (including phenoxy) is 1. The van der Waals surface area contributed by atoms with Gasteiger partial charge in [0, 0.05) is 12.1 Å². The van der Waals surface area contributed by atoms with E-state index in [9.17, 15) is 13.2 Å². The summed E-state index contributed by atoms with van der Waals surface area (Å²) in [6, 6.07) is 4.95. The first-order chi connectivity index (χ1) is 9.97. The fourth-order valence-electron chi connectivity index (χ4n) is 1.91. The van der Waals surface area contributed by atoms with Crippen molar-refractivity contribution in [1.29, 1.82) is 0 Å². The summed E-state index contributed by atoms with van der Waals surface area (Å²) in [4.78, 5) is 8.07. The van der Waals surface area contributed by atoms with Crippen LogP contribution in [-0.2, 0) is 6.18 Å². The van der Waals surface area contributed by atoms with Gasteiger partial charge in [-0.25, -0.2) is 9.97 Å². The van der Waals surface area contributed by atoms with Crippen LogP contribution in [-0.4, -0.2) is 23.6 Å². The Morgan fingerprint density at radius 2 is 2.00 bits per heavy atom. The van der Waals surface area contributed by atoms with Gasteiger partial charge in [0.25, 0.3) is 0 Å². The van der Waals surface area contributed by atoms with Crippen LogP contribution in [0.25, 0.3) is 11.3 Å². The van der Waals surface area contributed by atoms with Crippen LogP contribution < -0.4 is 10.1 Å². The number of anilines is 1. The maximum absolute atomic E-state index is 12.8. The monoisotopic (exact) mass is 297 g/mol. The van der Waals surface area contributed by atoms with Gasteiger partial charge in [-0.3, -0.25) is 0 Å². The maximum atomic E-state index is 12.8. The molecule has 1 aromatic heterocycles. The molecular formula is C14H14F3N3O. The van der Waals surface area contributed by atoms with E-state index < -0.39 is 11.7 Å². The van der Waals surface area contributed by atoms with E-state index in [1.54, 1.807) is 6.07 Å². The third-order valence-electron chi connectivity index (χ3n) is 2.82. The molecule has 0 spiro atoms. The molecule has 2 rings (SSSR count). The highest BCUT2D eigenvalue weighted by Gasteiger charge is 2.30. The highest BCUT2D eigenvalue weighted by molar-refractivity contribution is 5.73. The Balaban J connectivity index is 2.54. The van der Waals surface area contributed by atoms with Crippen molar-refractivity contribution >= 4 is 5.82 Å². The van der Waals surface area contributed by atoms with Gasteiger partial charge in [-0.1, -0.05) is 12.1 Å². The number of alkyl halides is 3. The second-order valence-electron chi connectivity index (χ2n) is 4.21. The highest BCUT2D eigenvalue weighted by atomic mass is 19.4. The fourth-order valence-corrected chi connectivity index (χ4v) is 1.91. The summed E-state index contributed by atoms with van der Waals surface area (Å²) in [6.45, 7) is 2.49. The number of nitrogens with one attached hydrogen (secondary N) is 1. The Morgan fingerprint density at radius 1 is 1.24 bits per heavy atom. The van der Waals surface area contributed by atoms with Gasteiger partial charge in [-0.15, -0.1) is 0 Å². The molecule has 0 saturated heterocycles. The van der Waals surface area contributed by atoms with Crippen molar-refractivity contribution in [2.45, 2.75) is 13.1 Å². The number of hydrogen-bond donors (Lipinski definition) is 1. The van der Waals surface area contributed by atoms with Crippen molar-refractivity contribution in [3.63, 3.8) is 0 Å². The van der Waals surface area contributed by atoms with Gasteiger partial charge in [0.1, 0.15) is 12.0 Å². The summed E-state index contributed by atoms with van der Waals surface area (Å²) in [6.07, 6.45) is -3.11. The number of benzene rings is 1. The first-order valence-corrected chi connectivity index (χ1v) is 6.27. The summed E-state index contributed by atoms with van der Waals surface area (Å²) in [5.74, 6) is 0.765. The van der Waals surface area contributed by atoms with Crippen LogP contribution in [0, 0.1) is 0 Å². The number of methoxy groups -OCH3 is 1. The zero-order chi connectivity index (χ0) is 15.5. The van der Waals surface area contributed by atoms with Crippen molar-refractivity contribution < 1.29 is 17.9 Å². The predicted molar refractivity (Wildman–Crippen MR) is 73.2 cm³/mol. The van der Waals surface area contributed by atoms with Crippen molar-refractivity contribution in [2.75, 3.05) is 19.0 Å². The standard InChI is InChI=1S/C14H14F3N3O/c1-3-18-13-12(21-2)11(19-8-20-13)9-5-4-6-10(7-9)14(15,16)17/h4-8H,3H2,1-2H3,(H,18,19,20). The van der Waals surface area contributed by atoms with Gasteiger partial charge in [0.05, 0.1) is 12.7 Å². The summed E-state index contributed by atoms with van der Waals surface area (Å²) in [7, 11) is 1.43. The number of nitrogens with zero attached hydrogens (tertiary/aromatic N) is 2. The van der Waals surface area contributed by atoms with Crippen LogP contribution >= 0.6 is 0 Å². The van der Waals surface area contributed by atoms with E-state index in [1.165, 1.54) is 19.5 Å². The van der Waals surface area contributed by atoms with E-state index in [2.05, 4.69) is 15.3 Å². The minimum atomic E-state index is -4.40. The summed E-state index contributed by atoms with van der Waals surface area (Å²) >= 11 is 0.